The Morgan fingerprint density at radius 1 is 1.31 bits per heavy atom. The molecule has 0 fully saturated rings. The van der Waals surface area contributed by atoms with Crippen LogP contribution in [0.5, 0.6) is 0 Å². The Labute approximate surface area is 99.3 Å². The summed E-state index contributed by atoms with van der Waals surface area (Å²) in [6.07, 6.45) is 1.14. The molecule has 0 saturated heterocycles. The summed E-state index contributed by atoms with van der Waals surface area (Å²) in [5, 5.41) is 3.10. The van der Waals surface area contributed by atoms with E-state index in [9.17, 15) is 4.79 Å². The van der Waals surface area contributed by atoms with Crippen LogP contribution >= 0.6 is 0 Å². The van der Waals surface area contributed by atoms with Gasteiger partial charge in [-0.3, -0.25) is 4.79 Å². The van der Waals surface area contributed by atoms with Crippen molar-refractivity contribution in [3.63, 3.8) is 0 Å². The Morgan fingerprint density at radius 2 is 2.00 bits per heavy atom. The van der Waals surface area contributed by atoms with Gasteiger partial charge in [-0.1, -0.05) is 13.8 Å². The van der Waals surface area contributed by atoms with Crippen molar-refractivity contribution in [1.29, 1.82) is 0 Å². The van der Waals surface area contributed by atoms with E-state index in [4.69, 9.17) is 4.74 Å². The molecule has 0 aromatic carbocycles. The van der Waals surface area contributed by atoms with Crippen LogP contribution in [0.4, 0.5) is 0 Å². The first-order chi connectivity index (χ1) is 7.60. The van der Waals surface area contributed by atoms with Crippen molar-refractivity contribution in [2.24, 2.45) is 0 Å². The molecule has 96 valence electrons. The molecule has 0 atom stereocenters. The van der Waals surface area contributed by atoms with Crippen molar-refractivity contribution in [1.82, 2.24) is 10.2 Å². The summed E-state index contributed by atoms with van der Waals surface area (Å²) in [7, 11) is 0. The van der Waals surface area contributed by atoms with E-state index in [1.54, 1.807) is 0 Å². The topological polar surface area (TPSA) is 41.6 Å². The van der Waals surface area contributed by atoms with Crippen molar-refractivity contribution >= 4 is 5.97 Å². The Kier molecular flexibility index (Phi) is 9.24. The highest BCUT2D eigenvalue weighted by Gasteiger charge is 2.05. The van der Waals surface area contributed by atoms with Gasteiger partial charge in [0.1, 0.15) is 0 Å². The molecule has 0 aromatic rings. The minimum atomic E-state index is -0.173. The van der Waals surface area contributed by atoms with Crippen LogP contribution in [0.25, 0.3) is 0 Å². The summed E-state index contributed by atoms with van der Waals surface area (Å²) < 4.78 is 5.02. The average Bonchev–Trinajstić information content (AvgIpc) is 2.21. The monoisotopic (exact) mass is 230 g/mol. The molecule has 0 bridgehead atoms. The summed E-state index contributed by atoms with van der Waals surface area (Å²) in [4.78, 5) is 13.6. The first-order valence-electron chi connectivity index (χ1n) is 6.22. The number of nitrogens with one attached hydrogen (secondary N) is 1. The van der Waals surface area contributed by atoms with Gasteiger partial charge < -0.3 is 15.0 Å². The summed E-state index contributed by atoms with van der Waals surface area (Å²) in [6, 6.07) is 0. The van der Waals surface area contributed by atoms with Gasteiger partial charge in [-0.15, -0.1) is 0 Å². The molecule has 0 radical (unpaired) electrons. The van der Waals surface area contributed by atoms with Gasteiger partial charge >= 0.3 is 5.97 Å². The third kappa shape index (κ3) is 8.68. The summed E-state index contributed by atoms with van der Waals surface area (Å²) in [5.41, 5.74) is 0. The molecule has 1 N–H and O–H groups in total. The highest BCUT2D eigenvalue weighted by atomic mass is 16.5. The van der Waals surface area contributed by atoms with E-state index in [2.05, 4.69) is 24.1 Å². The Morgan fingerprint density at radius 3 is 2.50 bits per heavy atom. The van der Waals surface area contributed by atoms with Gasteiger partial charge in [0.05, 0.1) is 12.6 Å². The highest BCUT2D eigenvalue weighted by molar-refractivity contribution is 5.71. The number of hydrogen-bond acceptors (Lipinski definition) is 4. The minimum Gasteiger partial charge on any atom is -0.462 e. The van der Waals surface area contributed by atoms with E-state index in [1.807, 2.05) is 13.8 Å². The second kappa shape index (κ2) is 9.60. The molecule has 16 heavy (non-hydrogen) atoms. The van der Waals surface area contributed by atoms with Gasteiger partial charge in [0.25, 0.3) is 0 Å². The zero-order chi connectivity index (χ0) is 12.4. The van der Waals surface area contributed by atoms with Crippen LogP contribution in [0.1, 0.15) is 34.1 Å². The van der Waals surface area contributed by atoms with Gasteiger partial charge in [0.15, 0.2) is 0 Å². The number of carbonyl (C=O) groups is 1. The molecule has 4 nitrogen and oxygen atoms in total. The maximum absolute atomic E-state index is 11.2. The number of hydrogen-bond donors (Lipinski definition) is 1. The number of ether oxygens (including phenoxy) is 1. The van der Waals surface area contributed by atoms with Crippen molar-refractivity contribution in [2.75, 3.05) is 32.7 Å². The minimum absolute atomic E-state index is 0.0264. The molecule has 0 unspecified atom stereocenters. The average molecular weight is 230 g/mol. The van der Waals surface area contributed by atoms with Crippen molar-refractivity contribution < 1.29 is 9.53 Å². The molecular formula is C12H26N2O2. The lowest BCUT2D eigenvalue weighted by molar-refractivity contribution is -0.146. The van der Waals surface area contributed by atoms with Gasteiger partial charge in [0.2, 0.25) is 0 Å². The highest BCUT2D eigenvalue weighted by Crippen LogP contribution is 1.90. The van der Waals surface area contributed by atoms with E-state index in [0.717, 1.165) is 26.2 Å². The van der Waals surface area contributed by atoms with Crippen LogP contribution in [0.2, 0.25) is 0 Å². The van der Waals surface area contributed by atoms with Crippen LogP contribution in [-0.2, 0) is 9.53 Å². The van der Waals surface area contributed by atoms with Gasteiger partial charge in [-0.05, 0) is 33.4 Å². The third-order valence-corrected chi connectivity index (χ3v) is 2.23. The second-order valence-electron chi connectivity index (χ2n) is 4.15. The summed E-state index contributed by atoms with van der Waals surface area (Å²) in [6.45, 7) is 12.4. The van der Waals surface area contributed by atoms with Gasteiger partial charge in [0, 0.05) is 13.1 Å². The van der Waals surface area contributed by atoms with Crippen LogP contribution in [0.3, 0.4) is 0 Å². The third-order valence-electron chi connectivity index (χ3n) is 2.23. The maximum Gasteiger partial charge on any atom is 0.320 e. The lowest BCUT2D eigenvalue weighted by atomic mass is 10.4. The molecule has 0 aliphatic carbocycles. The lowest BCUT2D eigenvalue weighted by Gasteiger charge is -2.19. The smallest absolute Gasteiger partial charge is 0.320 e. The summed E-state index contributed by atoms with van der Waals surface area (Å²) in [5.74, 6) is -0.173. The number of carbonyl (C=O) groups excluding carboxylic acids is 1. The van der Waals surface area contributed by atoms with E-state index < -0.39 is 0 Å². The van der Waals surface area contributed by atoms with Gasteiger partial charge in [-0.25, -0.2) is 0 Å². The lowest BCUT2D eigenvalue weighted by Crippen LogP contribution is -2.35. The fourth-order valence-corrected chi connectivity index (χ4v) is 1.48. The number of esters is 1. The molecule has 0 saturated carbocycles. The molecule has 0 heterocycles. The second-order valence-corrected chi connectivity index (χ2v) is 4.15. The zero-order valence-electron chi connectivity index (χ0n) is 11.1. The zero-order valence-corrected chi connectivity index (χ0v) is 11.1. The Balaban J connectivity index is 3.47. The molecule has 0 rings (SSSR count). The number of nitrogens with zero attached hydrogens (tertiary/aromatic N) is 1. The first kappa shape index (κ1) is 15.4. The SMILES string of the molecule is CCCN(CC)CCNCC(=O)OC(C)C. The normalized spacial score (nSPS) is 11.1. The molecule has 0 spiro atoms. The largest absolute Gasteiger partial charge is 0.462 e. The number of rotatable bonds is 9. The predicted octanol–water partition coefficient (Wildman–Crippen LogP) is 1.26. The van der Waals surface area contributed by atoms with Gasteiger partial charge in [-0.2, -0.15) is 0 Å². The van der Waals surface area contributed by atoms with E-state index in [0.29, 0.717) is 6.54 Å². The Bertz CT molecular complexity index is 184. The molecule has 0 aliphatic rings. The molecule has 0 aliphatic heterocycles. The van der Waals surface area contributed by atoms with Crippen LogP contribution < -0.4 is 5.32 Å². The molecule has 4 heteroatoms. The fraction of sp³-hybridized carbons (Fsp3) is 0.917. The molecule has 0 amide bonds. The van der Waals surface area contributed by atoms with Crippen LogP contribution in [-0.4, -0.2) is 49.7 Å². The maximum atomic E-state index is 11.2. The van der Waals surface area contributed by atoms with E-state index in [-0.39, 0.29) is 12.1 Å². The summed E-state index contributed by atoms with van der Waals surface area (Å²) >= 11 is 0. The van der Waals surface area contributed by atoms with Crippen LogP contribution in [0.15, 0.2) is 0 Å². The van der Waals surface area contributed by atoms with E-state index >= 15 is 0 Å². The quantitative estimate of drug-likeness (QED) is 0.478. The van der Waals surface area contributed by atoms with Crippen molar-refractivity contribution in [2.45, 2.75) is 40.2 Å². The van der Waals surface area contributed by atoms with Crippen molar-refractivity contribution in [3.05, 3.63) is 0 Å². The predicted molar refractivity (Wildman–Crippen MR) is 66.5 cm³/mol. The van der Waals surface area contributed by atoms with Crippen molar-refractivity contribution in [3.8, 4) is 0 Å². The van der Waals surface area contributed by atoms with Crippen LogP contribution in [0, 0.1) is 0 Å². The fourth-order valence-electron chi connectivity index (χ4n) is 1.48. The molecule has 0 aromatic heterocycles. The van der Waals surface area contributed by atoms with E-state index in [1.165, 1.54) is 6.42 Å². The number of likely N-dealkylation sites (N-methyl/N-ethyl adjacent to an activating group) is 1. The standard InChI is InChI=1S/C12H26N2O2/c1-5-8-14(6-2)9-7-13-10-12(15)16-11(3)4/h11,13H,5-10H2,1-4H3. The Hall–Kier alpha value is -0.610. The first-order valence-corrected chi connectivity index (χ1v) is 6.22. The molecular weight excluding hydrogens is 204 g/mol.